The number of hydrogen-bond acceptors (Lipinski definition) is 4. The number of anilines is 1. The summed E-state index contributed by atoms with van der Waals surface area (Å²) in [6.45, 7) is -1.73. The van der Waals surface area contributed by atoms with Crippen LogP contribution in [-0.4, -0.2) is 33.6 Å². The van der Waals surface area contributed by atoms with Gasteiger partial charge in [0.1, 0.15) is 0 Å². The Morgan fingerprint density at radius 1 is 0.941 bits per heavy atom. The molecule has 1 N–H and O–H groups in total. The summed E-state index contributed by atoms with van der Waals surface area (Å²) in [5.41, 5.74) is 0. The van der Waals surface area contributed by atoms with E-state index in [4.69, 9.17) is 23.2 Å². The summed E-state index contributed by atoms with van der Waals surface area (Å²) >= 11 is 10.6. The normalized spacial score (nSPS) is 12.6. The molecule has 1 aromatic heterocycles. The lowest BCUT2D eigenvalue weighted by atomic mass is 10.3. The SMILES string of the molecule is FC(F)(F)C(F)(F)CNc1nc(Cl)nc(Cl)n1. The molecule has 0 bridgehead atoms. The molecule has 96 valence electrons. The van der Waals surface area contributed by atoms with E-state index in [0.717, 1.165) is 0 Å². The maximum atomic E-state index is 12.5. The van der Waals surface area contributed by atoms with Crippen molar-refractivity contribution in [3.8, 4) is 0 Å². The van der Waals surface area contributed by atoms with Gasteiger partial charge in [-0.05, 0) is 23.2 Å². The Kier molecular flexibility index (Phi) is 3.92. The van der Waals surface area contributed by atoms with E-state index >= 15 is 0 Å². The third kappa shape index (κ3) is 3.77. The number of alkyl halides is 5. The molecule has 1 rings (SSSR count). The fourth-order valence-electron chi connectivity index (χ4n) is 0.695. The van der Waals surface area contributed by atoms with E-state index in [-0.39, 0.29) is 0 Å². The third-order valence-corrected chi connectivity index (χ3v) is 1.80. The van der Waals surface area contributed by atoms with Crippen molar-refractivity contribution in [2.45, 2.75) is 12.1 Å². The minimum atomic E-state index is -5.67. The molecule has 0 aliphatic rings. The Morgan fingerprint density at radius 2 is 1.41 bits per heavy atom. The molecular weight excluding hydrogens is 294 g/mol. The highest BCUT2D eigenvalue weighted by molar-refractivity contribution is 6.31. The first-order valence-electron chi connectivity index (χ1n) is 3.87. The molecule has 0 fully saturated rings. The van der Waals surface area contributed by atoms with Crippen molar-refractivity contribution < 1.29 is 22.0 Å². The molecule has 11 heteroatoms. The average molecular weight is 297 g/mol. The van der Waals surface area contributed by atoms with Crippen molar-refractivity contribution in [3.63, 3.8) is 0 Å². The average Bonchev–Trinajstić information content (AvgIpc) is 2.11. The molecule has 0 saturated carbocycles. The highest BCUT2D eigenvalue weighted by Gasteiger charge is 2.57. The van der Waals surface area contributed by atoms with Gasteiger partial charge in [-0.2, -0.15) is 36.9 Å². The number of nitrogens with one attached hydrogen (secondary N) is 1. The Labute approximate surface area is 101 Å². The second-order valence-corrected chi connectivity index (χ2v) is 3.43. The largest absolute Gasteiger partial charge is 0.455 e. The highest BCUT2D eigenvalue weighted by Crippen LogP contribution is 2.35. The minimum Gasteiger partial charge on any atom is -0.348 e. The van der Waals surface area contributed by atoms with E-state index in [1.807, 2.05) is 0 Å². The predicted octanol–water partition coefficient (Wildman–Crippen LogP) is 2.79. The Hall–Kier alpha value is -0.960. The van der Waals surface area contributed by atoms with Crippen LogP contribution in [0.1, 0.15) is 0 Å². The summed E-state index contributed by atoms with van der Waals surface area (Å²) in [5, 5.41) is 0.816. The first-order chi connectivity index (χ1) is 7.62. The Bertz CT molecular complexity index is 390. The van der Waals surface area contributed by atoms with Gasteiger partial charge in [0.2, 0.25) is 16.5 Å². The highest BCUT2D eigenvalue weighted by atomic mass is 35.5. The van der Waals surface area contributed by atoms with Crippen molar-refractivity contribution in [2.75, 3.05) is 11.9 Å². The molecule has 0 spiro atoms. The number of rotatable bonds is 3. The van der Waals surface area contributed by atoms with E-state index in [1.54, 1.807) is 5.32 Å². The van der Waals surface area contributed by atoms with Gasteiger partial charge in [0.15, 0.2) is 0 Å². The van der Waals surface area contributed by atoms with Crippen LogP contribution in [0.25, 0.3) is 0 Å². The van der Waals surface area contributed by atoms with Crippen molar-refractivity contribution in [1.82, 2.24) is 15.0 Å². The summed E-state index contributed by atoms with van der Waals surface area (Å²) in [7, 11) is 0. The van der Waals surface area contributed by atoms with E-state index in [2.05, 4.69) is 15.0 Å². The molecule has 0 unspecified atom stereocenters. The molecule has 0 amide bonds. The lowest BCUT2D eigenvalue weighted by Gasteiger charge is -2.19. The van der Waals surface area contributed by atoms with Gasteiger partial charge in [0.25, 0.3) is 0 Å². The summed E-state index contributed by atoms with van der Waals surface area (Å²) in [6, 6.07) is 0. The zero-order valence-corrected chi connectivity index (χ0v) is 9.21. The quantitative estimate of drug-likeness (QED) is 0.872. The van der Waals surface area contributed by atoms with Crippen LogP contribution in [-0.2, 0) is 0 Å². The first kappa shape index (κ1) is 14.1. The van der Waals surface area contributed by atoms with Crippen LogP contribution < -0.4 is 5.32 Å². The maximum Gasteiger partial charge on any atom is 0.455 e. The monoisotopic (exact) mass is 296 g/mol. The smallest absolute Gasteiger partial charge is 0.348 e. The second-order valence-electron chi connectivity index (χ2n) is 2.75. The summed E-state index contributed by atoms with van der Waals surface area (Å²) in [6.07, 6.45) is -5.67. The standard InChI is InChI=1S/C6H3Cl2F5N4/c7-2-15-3(8)17-4(16-2)14-1-5(9,10)6(11,12)13/h1H2,(H,14,15,16,17). The van der Waals surface area contributed by atoms with Crippen LogP contribution in [0.4, 0.5) is 27.9 Å². The zero-order valence-electron chi connectivity index (χ0n) is 7.69. The van der Waals surface area contributed by atoms with Gasteiger partial charge in [-0.15, -0.1) is 0 Å². The fraction of sp³-hybridized carbons (Fsp3) is 0.500. The predicted molar refractivity (Wildman–Crippen MR) is 49.3 cm³/mol. The van der Waals surface area contributed by atoms with Gasteiger partial charge < -0.3 is 5.32 Å². The topological polar surface area (TPSA) is 50.7 Å². The van der Waals surface area contributed by atoms with Crippen molar-refractivity contribution in [3.05, 3.63) is 10.6 Å². The lowest BCUT2D eigenvalue weighted by Crippen LogP contribution is -2.42. The molecule has 0 atom stereocenters. The molecule has 17 heavy (non-hydrogen) atoms. The first-order valence-corrected chi connectivity index (χ1v) is 4.63. The number of halogens is 7. The van der Waals surface area contributed by atoms with Gasteiger partial charge in [-0.1, -0.05) is 0 Å². The van der Waals surface area contributed by atoms with Crippen LogP contribution in [0.15, 0.2) is 0 Å². The van der Waals surface area contributed by atoms with E-state index < -0.39 is 35.2 Å². The molecule has 0 aliphatic carbocycles. The van der Waals surface area contributed by atoms with Crippen molar-refractivity contribution in [1.29, 1.82) is 0 Å². The lowest BCUT2D eigenvalue weighted by molar-refractivity contribution is -0.275. The molecule has 0 aliphatic heterocycles. The van der Waals surface area contributed by atoms with Crippen LogP contribution in [0.3, 0.4) is 0 Å². The summed E-state index contributed by atoms with van der Waals surface area (Å²) in [5.74, 6) is -5.49. The van der Waals surface area contributed by atoms with Crippen LogP contribution in [0.5, 0.6) is 0 Å². The second kappa shape index (κ2) is 4.73. The van der Waals surface area contributed by atoms with Gasteiger partial charge in [0.05, 0.1) is 6.54 Å². The summed E-state index contributed by atoms with van der Waals surface area (Å²) < 4.78 is 60.4. The number of aromatic nitrogens is 3. The van der Waals surface area contributed by atoms with E-state index in [9.17, 15) is 22.0 Å². The molecule has 1 aromatic rings. The zero-order chi connectivity index (χ0) is 13.3. The number of nitrogens with zero attached hydrogens (tertiary/aromatic N) is 3. The molecule has 1 heterocycles. The minimum absolute atomic E-state index is 0.428. The van der Waals surface area contributed by atoms with E-state index in [1.165, 1.54) is 0 Å². The van der Waals surface area contributed by atoms with Crippen LogP contribution in [0.2, 0.25) is 10.6 Å². The van der Waals surface area contributed by atoms with Crippen LogP contribution >= 0.6 is 23.2 Å². The molecule has 0 radical (unpaired) electrons. The Balaban J connectivity index is 2.74. The molecule has 4 nitrogen and oxygen atoms in total. The molecular formula is C6H3Cl2F5N4. The third-order valence-electron chi connectivity index (χ3n) is 1.46. The van der Waals surface area contributed by atoms with Crippen LogP contribution in [0, 0.1) is 0 Å². The van der Waals surface area contributed by atoms with Gasteiger partial charge >= 0.3 is 12.1 Å². The molecule has 0 saturated heterocycles. The maximum absolute atomic E-state index is 12.5. The Morgan fingerprint density at radius 3 is 1.82 bits per heavy atom. The number of hydrogen-bond donors (Lipinski definition) is 1. The summed E-state index contributed by atoms with van der Waals surface area (Å²) in [4.78, 5) is 9.82. The van der Waals surface area contributed by atoms with Crippen molar-refractivity contribution >= 4 is 29.2 Å². The molecule has 0 aromatic carbocycles. The fourth-order valence-corrected chi connectivity index (χ4v) is 1.06. The van der Waals surface area contributed by atoms with Gasteiger partial charge in [-0.3, -0.25) is 0 Å². The van der Waals surface area contributed by atoms with E-state index in [0.29, 0.717) is 0 Å². The van der Waals surface area contributed by atoms with Gasteiger partial charge in [0, 0.05) is 0 Å². The van der Waals surface area contributed by atoms with Crippen molar-refractivity contribution in [2.24, 2.45) is 0 Å². The van der Waals surface area contributed by atoms with Gasteiger partial charge in [-0.25, -0.2) is 0 Å².